The Bertz CT molecular complexity index is 1030. The number of hydrogen-bond donors (Lipinski definition) is 0. The van der Waals surface area contributed by atoms with Gasteiger partial charge in [0.1, 0.15) is 6.54 Å². The first-order valence-corrected chi connectivity index (χ1v) is 9.92. The van der Waals surface area contributed by atoms with Gasteiger partial charge in [0, 0.05) is 23.0 Å². The van der Waals surface area contributed by atoms with Gasteiger partial charge >= 0.3 is 5.69 Å². The van der Waals surface area contributed by atoms with E-state index in [9.17, 15) is 9.59 Å². The highest BCUT2D eigenvalue weighted by Crippen LogP contribution is 2.36. The van der Waals surface area contributed by atoms with Crippen molar-refractivity contribution in [2.45, 2.75) is 44.7 Å². The summed E-state index contributed by atoms with van der Waals surface area (Å²) in [6.07, 6.45) is 2.30. The van der Waals surface area contributed by atoms with E-state index in [0.717, 1.165) is 24.0 Å². The average Bonchev–Trinajstić information content (AvgIpc) is 3.48. The van der Waals surface area contributed by atoms with Gasteiger partial charge in [0.25, 0.3) is 0 Å². The summed E-state index contributed by atoms with van der Waals surface area (Å²) in [5, 5.41) is 5.13. The monoisotopic (exact) mass is 395 g/mol. The molecular weight excluding hydrogens is 374 g/mol. The molecule has 1 aliphatic rings. The molecule has 28 heavy (non-hydrogen) atoms. The summed E-state index contributed by atoms with van der Waals surface area (Å²) in [7, 11) is 0. The Morgan fingerprint density at radius 2 is 1.82 bits per heavy atom. The highest BCUT2D eigenvalue weighted by atomic mass is 35.5. The molecule has 1 aliphatic carbocycles. The molecule has 4 rings (SSSR count). The summed E-state index contributed by atoms with van der Waals surface area (Å²) >= 11 is 5.98. The number of carbonyl (C=O) groups is 1. The molecule has 0 amide bonds. The van der Waals surface area contributed by atoms with E-state index in [2.05, 4.69) is 5.10 Å². The number of halogens is 1. The lowest BCUT2D eigenvalue weighted by Crippen LogP contribution is -2.28. The second-order valence-electron chi connectivity index (χ2n) is 7.43. The molecule has 1 heterocycles. The van der Waals surface area contributed by atoms with Crippen LogP contribution in [0.3, 0.4) is 0 Å². The van der Waals surface area contributed by atoms with Crippen molar-refractivity contribution in [3.8, 4) is 11.4 Å². The van der Waals surface area contributed by atoms with Crippen molar-refractivity contribution in [2.75, 3.05) is 0 Å². The molecule has 1 saturated carbocycles. The van der Waals surface area contributed by atoms with Gasteiger partial charge in [0.05, 0.1) is 0 Å². The average molecular weight is 396 g/mol. The first-order chi connectivity index (χ1) is 13.5. The number of benzene rings is 2. The van der Waals surface area contributed by atoms with E-state index in [-0.39, 0.29) is 30.0 Å². The van der Waals surface area contributed by atoms with Gasteiger partial charge in [0.15, 0.2) is 11.6 Å². The van der Waals surface area contributed by atoms with Gasteiger partial charge < -0.3 is 0 Å². The van der Waals surface area contributed by atoms with Gasteiger partial charge in [-0.2, -0.15) is 0 Å². The van der Waals surface area contributed by atoms with Gasteiger partial charge in [-0.15, -0.1) is 5.10 Å². The standard InChI is InChI=1S/C22H22ClN3O2/c1-15(16-5-3-2-4-6-16)13-20(27)14-25-22(28)26(19-11-12-19)21(24-25)17-7-9-18(23)10-8-17/h2-10,15,19H,11-14H2,1H3. The Kier molecular flexibility index (Phi) is 5.18. The predicted molar refractivity (Wildman–Crippen MR) is 110 cm³/mol. The molecule has 1 unspecified atom stereocenters. The maximum atomic E-state index is 12.9. The highest BCUT2D eigenvalue weighted by Gasteiger charge is 2.30. The van der Waals surface area contributed by atoms with Crippen LogP contribution in [0.15, 0.2) is 59.4 Å². The summed E-state index contributed by atoms with van der Waals surface area (Å²) in [6, 6.07) is 17.4. The number of aromatic nitrogens is 3. The minimum Gasteiger partial charge on any atom is -0.298 e. The van der Waals surface area contributed by atoms with Crippen LogP contribution in [0.25, 0.3) is 11.4 Å². The third kappa shape index (κ3) is 3.94. The lowest BCUT2D eigenvalue weighted by atomic mass is 9.96. The number of nitrogens with zero attached hydrogens (tertiary/aromatic N) is 3. The minimum atomic E-state index is -0.215. The van der Waals surface area contributed by atoms with Crippen LogP contribution in [0.5, 0.6) is 0 Å². The molecule has 0 N–H and O–H groups in total. The smallest absolute Gasteiger partial charge is 0.298 e. The van der Waals surface area contributed by atoms with Crippen LogP contribution in [0.1, 0.15) is 43.7 Å². The topological polar surface area (TPSA) is 56.9 Å². The van der Waals surface area contributed by atoms with E-state index in [1.54, 1.807) is 16.7 Å². The quantitative estimate of drug-likeness (QED) is 0.593. The van der Waals surface area contributed by atoms with Gasteiger partial charge in [-0.05, 0) is 48.6 Å². The molecule has 2 aromatic carbocycles. The minimum absolute atomic E-state index is 0.00144. The number of rotatable bonds is 7. The molecule has 5 nitrogen and oxygen atoms in total. The van der Waals surface area contributed by atoms with Crippen LogP contribution in [-0.4, -0.2) is 20.1 Å². The third-order valence-electron chi connectivity index (χ3n) is 5.11. The molecule has 0 radical (unpaired) electrons. The van der Waals surface area contributed by atoms with Crippen molar-refractivity contribution in [2.24, 2.45) is 0 Å². The number of hydrogen-bond acceptors (Lipinski definition) is 3. The van der Waals surface area contributed by atoms with Crippen molar-refractivity contribution in [1.29, 1.82) is 0 Å². The first-order valence-electron chi connectivity index (χ1n) is 9.55. The summed E-state index contributed by atoms with van der Waals surface area (Å²) in [5.41, 5.74) is 1.74. The lowest BCUT2D eigenvalue weighted by molar-refractivity contribution is -0.120. The van der Waals surface area contributed by atoms with E-state index in [4.69, 9.17) is 11.6 Å². The molecule has 0 bridgehead atoms. The fraction of sp³-hybridized carbons (Fsp3) is 0.318. The van der Waals surface area contributed by atoms with E-state index in [1.807, 2.05) is 49.4 Å². The fourth-order valence-electron chi connectivity index (χ4n) is 3.45. The molecule has 0 spiro atoms. The zero-order chi connectivity index (χ0) is 19.7. The number of ketones is 1. The van der Waals surface area contributed by atoms with Crippen molar-refractivity contribution >= 4 is 17.4 Å². The molecule has 0 saturated heterocycles. The summed E-state index contributed by atoms with van der Waals surface area (Å²) in [4.78, 5) is 25.5. The van der Waals surface area contributed by atoms with Gasteiger partial charge in [-0.25, -0.2) is 9.48 Å². The van der Waals surface area contributed by atoms with E-state index >= 15 is 0 Å². The number of Topliss-reactive ketones (excluding diaryl/α,β-unsaturated/α-hetero) is 1. The summed E-state index contributed by atoms with van der Waals surface area (Å²) in [5.74, 6) is 0.709. The van der Waals surface area contributed by atoms with Crippen molar-refractivity contribution in [3.05, 3.63) is 75.7 Å². The molecular formula is C22H22ClN3O2. The first kappa shape index (κ1) is 18.7. The molecule has 6 heteroatoms. The lowest BCUT2D eigenvalue weighted by Gasteiger charge is -2.10. The second kappa shape index (κ2) is 7.76. The third-order valence-corrected chi connectivity index (χ3v) is 5.37. The number of carbonyl (C=O) groups excluding carboxylic acids is 1. The molecule has 3 aromatic rings. The molecule has 0 aliphatic heterocycles. The van der Waals surface area contributed by atoms with Crippen LogP contribution in [0.4, 0.5) is 0 Å². The summed E-state index contributed by atoms with van der Waals surface area (Å²) in [6.45, 7) is 2.02. The van der Waals surface area contributed by atoms with Crippen LogP contribution in [0.2, 0.25) is 5.02 Å². The van der Waals surface area contributed by atoms with Crippen LogP contribution in [-0.2, 0) is 11.3 Å². The van der Waals surface area contributed by atoms with E-state index in [0.29, 0.717) is 17.3 Å². The van der Waals surface area contributed by atoms with Crippen LogP contribution < -0.4 is 5.69 Å². The van der Waals surface area contributed by atoms with Gasteiger partial charge in [-0.3, -0.25) is 9.36 Å². The SMILES string of the molecule is CC(CC(=O)Cn1nc(-c2ccc(Cl)cc2)n(C2CC2)c1=O)c1ccccc1. The zero-order valence-corrected chi connectivity index (χ0v) is 16.5. The van der Waals surface area contributed by atoms with Crippen LogP contribution in [0, 0.1) is 0 Å². The van der Waals surface area contributed by atoms with Crippen molar-refractivity contribution in [3.63, 3.8) is 0 Å². The van der Waals surface area contributed by atoms with Crippen molar-refractivity contribution in [1.82, 2.24) is 14.3 Å². The highest BCUT2D eigenvalue weighted by molar-refractivity contribution is 6.30. The van der Waals surface area contributed by atoms with Gasteiger partial charge in [-0.1, -0.05) is 48.9 Å². The zero-order valence-electron chi connectivity index (χ0n) is 15.7. The molecule has 144 valence electrons. The molecule has 1 fully saturated rings. The van der Waals surface area contributed by atoms with E-state index < -0.39 is 0 Å². The Morgan fingerprint density at radius 3 is 2.46 bits per heavy atom. The second-order valence-corrected chi connectivity index (χ2v) is 7.86. The maximum Gasteiger partial charge on any atom is 0.346 e. The Labute approximate surface area is 168 Å². The fourth-order valence-corrected chi connectivity index (χ4v) is 3.58. The summed E-state index contributed by atoms with van der Waals surface area (Å²) < 4.78 is 3.03. The predicted octanol–water partition coefficient (Wildman–Crippen LogP) is 4.46. The Balaban J connectivity index is 1.56. The van der Waals surface area contributed by atoms with Gasteiger partial charge in [0.2, 0.25) is 0 Å². The Morgan fingerprint density at radius 1 is 1.14 bits per heavy atom. The van der Waals surface area contributed by atoms with Crippen LogP contribution >= 0.6 is 11.6 Å². The maximum absolute atomic E-state index is 12.9. The van der Waals surface area contributed by atoms with Crippen molar-refractivity contribution < 1.29 is 4.79 Å². The molecule has 1 aromatic heterocycles. The Hall–Kier alpha value is -2.66. The molecule has 1 atom stereocenters. The normalized spacial score (nSPS) is 14.8. The largest absolute Gasteiger partial charge is 0.346 e. The van der Waals surface area contributed by atoms with E-state index in [1.165, 1.54) is 4.68 Å².